The van der Waals surface area contributed by atoms with Gasteiger partial charge in [0.15, 0.2) is 0 Å². The van der Waals surface area contributed by atoms with E-state index in [4.69, 9.17) is 0 Å². The number of carbonyl (C=O) groups is 2. The van der Waals surface area contributed by atoms with Crippen LogP contribution in [0.2, 0.25) is 0 Å². The van der Waals surface area contributed by atoms with Crippen LogP contribution in [-0.4, -0.2) is 76.6 Å². The van der Waals surface area contributed by atoms with Crippen LogP contribution in [0.25, 0.3) is 0 Å². The Labute approximate surface area is 143 Å². The van der Waals surface area contributed by atoms with Gasteiger partial charge in [-0.3, -0.25) is 9.69 Å². The van der Waals surface area contributed by atoms with E-state index >= 15 is 0 Å². The minimum Gasteiger partial charge on any atom is -0.465 e. The van der Waals surface area contributed by atoms with Crippen LogP contribution in [0.1, 0.15) is 33.1 Å². The molecule has 0 spiro atoms. The molecule has 0 aromatic rings. The highest BCUT2D eigenvalue weighted by molar-refractivity contribution is 5.82. The van der Waals surface area contributed by atoms with Crippen molar-refractivity contribution in [1.29, 1.82) is 0 Å². The number of nitrogens with zero attached hydrogens (tertiary/aromatic N) is 3. The molecule has 1 N–H and O–H groups in total. The number of piperidine rings is 3. The highest BCUT2D eigenvalue weighted by atomic mass is 16.4. The Balaban J connectivity index is 1.35. The summed E-state index contributed by atoms with van der Waals surface area (Å²) in [6, 6.07) is 0.749. The summed E-state index contributed by atoms with van der Waals surface area (Å²) in [5, 5.41) is 9.33. The van der Waals surface area contributed by atoms with Crippen LogP contribution in [-0.2, 0) is 4.79 Å². The smallest absolute Gasteiger partial charge is 0.407 e. The Hall–Kier alpha value is -1.30. The fourth-order valence-corrected chi connectivity index (χ4v) is 5.71. The first-order chi connectivity index (χ1) is 11.5. The van der Waals surface area contributed by atoms with Gasteiger partial charge in [0.2, 0.25) is 5.91 Å². The maximum Gasteiger partial charge on any atom is 0.407 e. The maximum absolute atomic E-state index is 12.5. The van der Waals surface area contributed by atoms with E-state index < -0.39 is 6.09 Å². The van der Waals surface area contributed by atoms with Crippen LogP contribution in [0.3, 0.4) is 0 Å². The molecule has 24 heavy (non-hydrogen) atoms. The standard InChI is InChI=1S/C18H29N3O3/c1-3-19(4-2)17(22)16-13-9-20(10-14(13)16)15-7-12-6-5-11(15)8-21(12)18(23)24/h11-16H,3-10H2,1-2H3,(H,23,24)/t11-,12-,13-,14+,15?,16+/m0/s1. The summed E-state index contributed by atoms with van der Waals surface area (Å²) in [5.41, 5.74) is 0. The van der Waals surface area contributed by atoms with Crippen molar-refractivity contribution in [2.45, 2.75) is 45.2 Å². The molecule has 3 aliphatic heterocycles. The number of carboxylic acid groups (broad SMARTS) is 1. The number of carbonyl (C=O) groups excluding carboxylic acids is 1. The zero-order chi connectivity index (χ0) is 17.0. The Morgan fingerprint density at radius 2 is 1.75 bits per heavy atom. The summed E-state index contributed by atoms with van der Waals surface area (Å²) < 4.78 is 0. The third kappa shape index (κ3) is 2.41. The molecule has 5 aliphatic rings. The molecule has 0 aromatic carbocycles. The fraction of sp³-hybridized carbons (Fsp3) is 0.889. The Bertz CT molecular complexity index is 524. The second-order valence-corrected chi connectivity index (χ2v) is 8.05. The first-order valence-corrected chi connectivity index (χ1v) is 9.57. The van der Waals surface area contributed by atoms with Crippen LogP contribution in [0.15, 0.2) is 0 Å². The number of hydrogen-bond donors (Lipinski definition) is 1. The predicted octanol–water partition coefficient (Wildman–Crippen LogP) is 1.56. The second kappa shape index (κ2) is 5.90. The zero-order valence-electron chi connectivity index (χ0n) is 14.7. The van der Waals surface area contributed by atoms with Gasteiger partial charge in [-0.25, -0.2) is 4.79 Å². The normalized spacial score (nSPS) is 40.5. The van der Waals surface area contributed by atoms with Gasteiger partial charge in [0, 0.05) is 50.7 Å². The van der Waals surface area contributed by atoms with E-state index in [0.29, 0.717) is 36.2 Å². The summed E-state index contributed by atoms with van der Waals surface area (Å²) in [6.45, 7) is 8.53. The molecular formula is C18H29N3O3. The quantitative estimate of drug-likeness (QED) is 0.847. The number of likely N-dealkylation sites (tertiary alicyclic amines) is 1. The second-order valence-electron chi connectivity index (χ2n) is 8.05. The van der Waals surface area contributed by atoms with Gasteiger partial charge in [0.25, 0.3) is 0 Å². The molecule has 5 rings (SSSR count). The zero-order valence-corrected chi connectivity index (χ0v) is 14.7. The molecule has 2 amide bonds. The van der Waals surface area contributed by atoms with Gasteiger partial charge in [0.1, 0.15) is 0 Å². The Morgan fingerprint density at radius 3 is 2.25 bits per heavy atom. The average Bonchev–Trinajstić information content (AvgIpc) is 3.09. The minimum absolute atomic E-state index is 0.211. The lowest BCUT2D eigenvalue weighted by Gasteiger charge is -2.51. The maximum atomic E-state index is 12.5. The summed E-state index contributed by atoms with van der Waals surface area (Å²) in [6.07, 6.45) is 2.42. The summed E-state index contributed by atoms with van der Waals surface area (Å²) in [7, 11) is 0. The van der Waals surface area contributed by atoms with Crippen molar-refractivity contribution in [2.75, 3.05) is 32.7 Å². The van der Waals surface area contributed by atoms with Crippen molar-refractivity contribution < 1.29 is 14.7 Å². The monoisotopic (exact) mass is 335 g/mol. The molecule has 1 unspecified atom stereocenters. The molecule has 5 fully saturated rings. The van der Waals surface area contributed by atoms with Gasteiger partial charge < -0.3 is 14.9 Å². The third-order valence-corrected chi connectivity index (χ3v) is 7.10. The summed E-state index contributed by atoms with van der Waals surface area (Å²) >= 11 is 0. The van der Waals surface area contributed by atoms with Crippen LogP contribution < -0.4 is 0 Å². The average molecular weight is 335 g/mol. The van der Waals surface area contributed by atoms with Crippen LogP contribution >= 0.6 is 0 Å². The molecule has 134 valence electrons. The summed E-state index contributed by atoms with van der Waals surface area (Å²) in [4.78, 5) is 30.1. The lowest BCUT2D eigenvalue weighted by atomic mass is 9.75. The number of hydrogen-bond acceptors (Lipinski definition) is 3. The van der Waals surface area contributed by atoms with Gasteiger partial charge in [-0.05, 0) is 50.9 Å². The topological polar surface area (TPSA) is 64.1 Å². The third-order valence-electron chi connectivity index (χ3n) is 7.10. The number of rotatable bonds is 4. The van der Waals surface area contributed by atoms with Gasteiger partial charge in [-0.2, -0.15) is 0 Å². The summed E-state index contributed by atoms with van der Waals surface area (Å²) in [5.74, 6) is 2.21. The molecule has 6 atom stereocenters. The number of fused-ring (bicyclic) bond motifs is 4. The van der Waals surface area contributed by atoms with Crippen LogP contribution in [0.4, 0.5) is 4.79 Å². The van der Waals surface area contributed by atoms with E-state index in [0.717, 1.165) is 45.4 Å². The molecule has 3 heterocycles. The fourth-order valence-electron chi connectivity index (χ4n) is 5.71. The van der Waals surface area contributed by atoms with Crippen molar-refractivity contribution in [1.82, 2.24) is 14.7 Å². The van der Waals surface area contributed by atoms with E-state index in [1.807, 2.05) is 4.90 Å². The Morgan fingerprint density at radius 1 is 1.08 bits per heavy atom. The highest BCUT2D eigenvalue weighted by Gasteiger charge is 2.61. The molecule has 6 heteroatoms. The van der Waals surface area contributed by atoms with Crippen molar-refractivity contribution in [2.24, 2.45) is 23.7 Å². The van der Waals surface area contributed by atoms with Crippen molar-refractivity contribution >= 4 is 12.0 Å². The van der Waals surface area contributed by atoms with E-state index in [9.17, 15) is 14.7 Å². The molecule has 2 saturated carbocycles. The van der Waals surface area contributed by atoms with Crippen LogP contribution in [0, 0.1) is 23.7 Å². The van der Waals surface area contributed by atoms with Crippen molar-refractivity contribution in [3.8, 4) is 0 Å². The molecule has 0 aromatic heterocycles. The highest BCUT2D eigenvalue weighted by Crippen LogP contribution is 2.54. The molecule has 3 saturated heterocycles. The van der Waals surface area contributed by atoms with E-state index in [2.05, 4.69) is 18.7 Å². The predicted molar refractivity (Wildman–Crippen MR) is 89.6 cm³/mol. The van der Waals surface area contributed by atoms with Gasteiger partial charge >= 0.3 is 6.09 Å². The molecule has 6 nitrogen and oxygen atoms in total. The first-order valence-electron chi connectivity index (χ1n) is 9.57. The van der Waals surface area contributed by atoms with Crippen molar-refractivity contribution in [3.05, 3.63) is 0 Å². The lowest BCUT2D eigenvalue weighted by molar-refractivity contribution is -0.133. The lowest BCUT2D eigenvalue weighted by Crippen LogP contribution is -2.60. The first kappa shape index (κ1) is 16.2. The van der Waals surface area contributed by atoms with Gasteiger partial charge in [-0.1, -0.05) is 0 Å². The van der Waals surface area contributed by atoms with E-state index in [1.54, 1.807) is 4.90 Å². The van der Waals surface area contributed by atoms with Crippen LogP contribution in [0.5, 0.6) is 0 Å². The van der Waals surface area contributed by atoms with E-state index in [-0.39, 0.29) is 12.0 Å². The number of amides is 2. The molecular weight excluding hydrogens is 306 g/mol. The van der Waals surface area contributed by atoms with E-state index in [1.165, 1.54) is 0 Å². The molecule has 2 aliphatic carbocycles. The van der Waals surface area contributed by atoms with Gasteiger partial charge in [-0.15, -0.1) is 0 Å². The van der Waals surface area contributed by atoms with Crippen molar-refractivity contribution in [3.63, 3.8) is 0 Å². The Kier molecular flexibility index (Phi) is 3.98. The largest absolute Gasteiger partial charge is 0.465 e. The molecule has 0 radical (unpaired) electrons. The molecule has 2 bridgehead atoms. The van der Waals surface area contributed by atoms with Gasteiger partial charge in [0.05, 0.1) is 0 Å². The minimum atomic E-state index is -0.752. The SMILES string of the molecule is CCN(CC)C(=O)[C@H]1[C@@H]2CN(C3C[C@@H]4CC[C@H]3CN4C(=O)O)C[C@@H]21.